The molecule has 2 rings (SSSR count). The van der Waals surface area contributed by atoms with Crippen LogP contribution in [0.4, 0.5) is 0 Å². The third-order valence-corrected chi connectivity index (χ3v) is 4.21. The minimum atomic E-state index is 0.572. The normalized spacial score (nSPS) is 11.4. The van der Waals surface area contributed by atoms with E-state index in [1.807, 2.05) is 0 Å². The first-order valence-electron chi connectivity index (χ1n) is 8.09. The summed E-state index contributed by atoms with van der Waals surface area (Å²) < 4.78 is 0. The third-order valence-electron chi connectivity index (χ3n) is 4.21. The van der Waals surface area contributed by atoms with Crippen molar-refractivity contribution >= 4 is 0 Å². The molecule has 0 amide bonds. The molecule has 0 aliphatic carbocycles. The Morgan fingerprint density at radius 1 is 0.955 bits per heavy atom. The summed E-state index contributed by atoms with van der Waals surface area (Å²) in [6.07, 6.45) is 0. The largest absolute Gasteiger partial charge is 0.309 e. The zero-order valence-corrected chi connectivity index (χ0v) is 14.3. The Bertz CT molecular complexity index is 590. The highest BCUT2D eigenvalue weighted by Crippen LogP contribution is 2.10. The summed E-state index contributed by atoms with van der Waals surface area (Å²) in [7, 11) is 2.17. The van der Waals surface area contributed by atoms with Gasteiger partial charge in [-0.25, -0.2) is 0 Å². The van der Waals surface area contributed by atoms with Gasteiger partial charge in [0.1, 0.15) is 0 Å². The van der Waals surface area contributed by atoms with Crippen LogP contribution < -0.4 is 5.32 Å². The zero-order chi connectivity index (χ0) is 15.9. The number of benzene rings is 2. The van der Waals surface area contributed by atoms with Crippen LogP contribution in [0.15, 0.2) is 48.5 Å². The molecule has 2 heteroatoms. The highest BCUT2D eigenvalue weighted by Gasteiger charge is 2.05. The quantitative estimate of drug-likeness (QED) is 0.826. The van der Waals surface area contributed by atoms with Crippen molar-refractivity contribution in [2.75, 3.05) is 7.05 Å². The van der Waals surface area contributed by atoms with Crippen molar-refractivity contribution < 1.29 is 0 Å². The summed E-state index contributed by atoms with van der Waals surface area (Å²) in [4.78, 5) is 2.36. The Labute approximate surface area is 135 Å². The van der Waals surface area contributed by atoms with Gasteiger partial charge in [0.25, 0.3) is 0 Å². The van der Waals surface area contributed by atoms with Crippen LogP contribution in [0.5, 0.6) is 0 Å². The van der Waals surface area contributed by atoms with Gasteiger partial charge in [0.05, 0.1) is 0 Å². The van der Waals surface area contributed by atoms with E-state index in [1.165, 1.54) is 22.3 Å². The van der Waals surface area contributed by atoms with Crippen molar-refractivity contribution in [2.45, 2.75) is 46.4 Å². The first kappa shape index (κ1) is 16.7. The van der Waals surface area contributed by atoms with Crippen LogP contribution >= 0.6 is 0 Å². The van der Waals surface area contributed by atoms with Gasteiger partial charge in [-0.1, -0.05) is 48.5 Å². The van der Waals surface area contributed by atoms with Gasteiger partial charge in [-0.05, 0) is 50.1 Å². The third kappa shape index (κ3) is 4.97. The fourth-order valence-corrected chi connectivity index (χ4v) is 2.46. The lowest BCUT2D eigenvalue weighted by Gasteiger charge is -2.21. The molecule has 0 atom stereocenters. The van der Waals surface area contributed by atoms with Crippen LogP contribution in [0.1, 0.15) is 36.1 Å². The van der Waals surface area contributed by atoms with Gasteiger partial charge in [0.15, 0.2) is 0 Å². The first-order valence-corrected chi connectivity index (χ1v) is 8.09. The summed E-state index contributed by atoms with van der Waals surface area (Å²) in [5, 5.41) is 3.55. The Morgan fingerprint density at radius 3 is 2.41 bits per heavy atom. The van der Waals surface area contributed by atoms with Gasteiger partial charge in [-0.15, -0.1) is 0 Å². The predicted molar refractivity (Wildman–Crippen MR) is 94.8 cm³/mol. The van der Waals surface area contributed by atoms with Crippen molar-refractivity contribution in [1.29, 1.82) is 0 Å². The average molecular weight is 296 g/mol. The van der Waals surface area contributed by atoms with E-state index in [1.54, 1.807) is 0 Å². The van der Waals surface area contributed by atoms with E-state index in [-0.39, 0.29) is 0 Å². The Balaban J connectivity index is 1.89. The van der Waals surface area contributed by atoms with E-state index >= 15 is 0 Å². The molecule has 0 radical (unpaired) electrons. The van der Waals surface area contributed by atoms with E-state index in [2.05, 4.69) is 86.6 Å². The van der Waals surface area contributed by atoms with Gasteiger partial charge in [0.2, 0.25) is 0 Å². The van der Waals surface area contributed by atoms with Gasteiger partial charge in [-0.2, -0.15) is 0 Å². The minimum absolute atomic E-state index is 0.572. The van der Waals surface area contributed by atoms with Gasteiger partial charge >= 0.3 is 0 Å². The van der Waals surface area contributed by atoms with Gasteiger partial charge < -0.3 is 5.32 Å². The molecule has 0 saturated carbocycles. The smallest absolute Gasteiger partial charge is 0.0233 e. The molecule has 118 valence electrons. The van der Waals surface area contributed by atoms with Crippen molar-refractivity contribution in [2.24, 2.45) is 0 Å². The number of nitrogens with zero attached hydrogens (tertiary/aromatic N) is 1. The zero-order valence-electron chi connectivity index (χ0n) is 14.3. The Hall–Kier alpha value is -1.64. The topological polar surface area (TPSA) is 15.3 Å². The molecule has 0 saturated heterocycles. The molecule has 0 fully saturated rings. The number of hydrogen-bond donors (Lipinski definition) is 1. The lowest BCUT2D eigenvalue weighted by molar-refractivity contribution is 0.266. The summed E-state index contributed by atoms with van der Waals surface area (Å²) in [5.41, 5.74) is 5.45. The molecule has 0 bridgehead atoms. The molecule has 1 N–H and O–H groups in total. The highest BCUT2D eigenvalue weighted by molar-refractivity contribution is 5.26. The van der Waals surface area contributed by atoms with E-state index in [9.17, 15) is 0 Å². The van der Waals surface area contributed by atoms with Crippen LogP contribution in [-0.4, -0.2) is 18.0 Å². The van der Waals surface area contributed by atoms with E-state index in [0.29, 0.717) is 6.04 Å². The second kappa shape index (κ2) is 8.11. The fourth-order valence-electron chi connectivity index (χ4n) is 2.46. The fraction of sp³-hybridized carbons (Fsp3) is 0.400. The number of nitrogens with one attached hydrogen (secondary N) is 1. The predicted octanol–water partition coefficient (Wildman–Crippen LogP) is 4.13. The molecule has 22 heavy (non-hydrogen) atoms. The van der Waals surface area contributed by atoms with Crippen LogP contribution in [0.2, 0.25) is 0 Å². The van der Waals surface area contributed by atoms with E-state index in [0.717, 1.165) is 19.6 Å². The summed E-state index contributed by atoms with van der Waals surface area (Å²) in [5.74, 6) is 0. The second-order valence-corrected chi connectivity index (χ2v) is 6.36. The highest BCUT2D eigenvalue weighted by atomic mass is 15.1. The lowest BCUT2D eigenvalue weighted by atomic mass is 10.1. The van der Waals surface area contributed by atoms with Crippen LogP contribution in [0.25, 0.3) is 0 Å². The molecule has 0 heterocycles. The van der Waals surface area contributed by atoms with Crippen LogP contribution in [0.3, 0.4) is 0 Å². The number of aryl methyl sites for hydroxylation is 1. The summed E-state index contributed by atoms with van der Waals surface area (Å²) >= 11 is 0. The van der Waals surface area contributed by atoms with Crippen molar-refractivity contribution in [3.05, 3.63) is 70.8 Å². The standard InChI is InChI=1S/C20H28N2/c1-16(2)22(4)15-19-10-7-9-18(12-19)13-21-14-20-11-6-5-8-17(20)3/h5-12,16,21H,13-15H2,1-4H3. The van der Waals surface area contributed by atoms with Crippen LogP contribution in [-0.2, 0) is 19.6 Å². The molecular formula is C20H28N2. The summed E-state index contributed by atoms with van der Waals surface area (Å²) in [6.45, 7) is 9.46. The van der Waals surface area contributed by atoms with Gasteiger partial charge in [-0.3, -0.25) is 4.90 Å². The molecule has 0 aliphatic heterocycles. The Morgan fingerprint density at radius 2 is 1.68 bits per heavy atom. The molecular weight excluding hydrogens is 268 g/mol. The number of hydrogen-bond acceptors (Lipinski definition) is 2. The molecule has 2 nitrogen and oxygen atoms in total. The van der Waals surface area contributed by atoms with Crippen molar-refractivity contribution in [3.8, 4) is 0 Å². The maximum absolute atomic E-state index is 3.55. The monoisotopic (exact) mass is 296 g/mol. The SMILES string of the molecule is Cc1ccccc1CNCc1cccc(CN(C)C(C)C)c1. The Kier molecular flexibility index (Phi) is 6.17. The molecule has 0 spiro atoms. The molecule has 2 aromatic rings. The van der Waals surface area contributed by atoms with Crippen molar-refractivity contribution in [1.82, 2.24) is 10.2 Å². The van der Waals surface area contributed by atoms with Gasteiger partial charge in [0, 0.05) is 25.7 Å². The lowest BCUT2D eigenvalue weighted by Crippen LogP contribution is -2.25. The van der Waals surface area contributed by atoms with Crippen LogP contribution in [0, 0.1) is 6.92 Å². The van der Waals surface area contributed by atoms with E-state index in [4.69, 9.17) is 0 Å². The maximum Gasteiger partial charge on any atom is 0.0233 e. The second-order valence-electron chi connectivity index (χ2n) is 6.36. The molecule has 0 aliphatic rings. The maximum atomic E-state index is 3.55. The minimum Gasteiger partial charge on any atom is -0.309 e. The first-order chi connectivity index (χ1) is 10.6. The molecule has 0 unspecified atom stereocenters. The molecule has 0 aromatic heterocycles. The average Bonchev–Trinajstić information content (AvgIpc) is 2.49. The number of rotatable bonds is 7. The molecule has 2 aromatic carbocycles. The van der Waals surface area contributed by atoms with E-state index < -0.39 is 0 Å². The van der Waals surface area contributed by atoms with Crippen molar-refractivity contribution in [3.63, 3.8) is 0 Å². The summed E-state index contributed by atoms with van der Waals surface area (Å²) in [6, 6.07) is 18.0.